The number of piperazine rings is 1. The van der Waals surface area contributed by atoms with Gasteiger partial charge in [0.1, 0.15) is 0 Å². The van der Waals surface area contributed by atoms with Crippen LogP contribution in [0.3, 0.4) is 0 Å². The normalized spacial score (nSPS) is 20.6. The molecule has 0 aliphatic carbocycles. The van der Waals surface area contributed by atoms with Crippen LogP contribution in [0, 0.1) is 12.8 Å². The van der Waals surface area contributed by atoms with Crippen molar-refractivity contribution in [2.45, 2.75) is 39.5 Å². The van der Waals surface area contributed by atoms with Crippen LogP contribution in [0.25, 0.3) is 0 Å². The lowest BCUT2D eigenvalue weighted by Gasteiger charge is -2.36. The van der Waals surface area contributed by atoms with Gasteiger partial charge in [0.05, 0.1) is 0 Å². The van der Waals surface area contributed by atoms with Crippen LogP contribution in [0.5, 0.6) is 0 Å². The predicted octanol–water partition coefficient (Wildman–Crippen LogP) is 2.46. The van der Waals surface area contributed by atoms with Crippen molar-refractivity contribution in [2.24, 2.45) is 5.92 Å². The van der Waals surface area contributed by atoms with E-state index in [1.54, 1.807) is 4.31 Å². The standard InChI is InChI=1S/C21H36N4O2S/c1-19-8-12-25(13-9-19)28(26,27)22-10-3-4-11-23-14-16-24(17-15-23)21-7-5-6-20(2)18-21/h5-7,18-19,22H,3-4,8-17H2,1-2H3. The second-order valence-corrected chi connectivity index (χ2v) is 10.1. The van der Waals surface area contributed by atoms with Gasteiger partial charge < -0.3 is 4.90 Å². The SMILES string of the molecule is Cc1cccc(N2CCN(CCCCNS(=O)(=O)N3CCC(C)CC3)CC2)c1. The van der Waals surface area contributed by atoms with E-state index in [2.05, 4.69) is 52.6 Å². The molecule has 1 aromatic carbocycles. The summed E-state index contributed by atoms with van der Waals surface area (Å²) < 4.78 is 29.1. The number of anilines is 1. The molecule has 0 unspecified atom stereocenters. The summed E-state index contributed by atoms with van der Waals surface area (Å²) in [5.74, 6) is 0.637. The molecule has 158 valence electrons. The third-order valence-electron chi connectivity index (χ3n) is 6.01. The van der Waals surface area contributed by atoms with Crippen molar-refractivity contribution in [3.05, 3.63) is 29.8 Å². The molecule has 3 rings (SSSR count). The first-order chi connectivity index (χ1) is 13.4. The summed E-state index contributed by atoms with van der Waals surface area (Å²) in [6.07, 6.45) is 3.86. The maximum atomic E-state index is 12.4. The van der Waals surface area contributed by atoms with E-state index in [1.165, 1.54) is 11.3 Å². The number of benzene rings is 1. The van der Waals surface area contributed by atoms with E-state index in [9.17, 15) is 8.42 Å². The average molecular weight is 409 g/mol. The van der Waals surface area contributed by atoms with Crippen molar-refractivity contribution >= 4 is 15.9 Å². The number of nitrogens with one attached hydrogen (secondary N) is 1. The highest BCUT2D eigenvalue weighted by Gasteiger charge is 2.25. The Kier molecular flexibility index (Phi) is 7.74. The molecule has 28 heavy (non-hydrogen) atoms. The molecule has 1 aromatic rings. The predicted molar refractivity (Wildman–Crippen MR) is 116 cm³/mol. The third kappa shape index (κ3) is 6.17. The average Bonchev–Trinajstić information content (AvgIpc) is 2.68. The minimum Gasteiger partial charge on any atom is -0.369 e. The van der Waals surface area contributed by atoms with Crippen LogP contribution in [-0.4, -0.2) is 70.0 Å². The minimum absolute atomic E-state index is 0.539. The maximum absolute atomic E-state index is 12.4. The van der Waals surface area contributed by atoms with Crippen molar-refractivity contribution in [1.82, 2.24) is 13.9 Å². The van der Waals surface area contributed by atoms with Gasteiger partial charge in [0.25, 0.3) is 10.2 Å². The molecule has 0 atom stereocenters. The van der Waals surface area contributed by atoms with E-state index in [1.807, 2.05) is 0 Å². The van der Waals surface area contributed by atoms with Crippen LogP contribution in [0.15, 0.2) is 24.3 Å². The Morgan fingerprint density at radius 3 is 2.43 bits per heavy atom. The molecule has 2 heterocycles. The van der Waals surface area contributed by atoms with Crippen LogP contribution in [0.4, 0.5) is 5.69 Å². The highest BCUT2D eigenvalue weighted by atomic mass is 32.2. The number of hydrogen-bond donors (Lipinski definition) is 1. The lowest BCUT2D eigenvalue weighted by atomic mass is 10.0. The Hall–Kier alpha value is -1.15. The van der Waals surface area contributed by atoms with E-state index in [-0.39, 0.29) is 0 Å². The summed E-state index contributed by atoms with van der Waals surface area (Å²) >= 11 is 0. The Morgan fingerprint density at radius 2 is 1.75 bits per heavy atom. The second kappa shape index (κ2) is 10.1. The molecule has 0 spiro atoms. The second-order valence-electron chi connectivity index (χ2n) is 8.36. The van der Waals surface area contributed by atoms with Gasteiger partial charge in [-0.1, -0.05) is 19.1 Å². The van der Waals surface area contributed by atoms with Crippen LogP contribution in [0.1, 0.15) is 38.2 Å². The molecule has 7 heteroatoms. The fourth-order valence-corrected chi connectivity index (χ4v) is 5.31. The Bertz CT molecular complexity index is 709. The number of hydrogen-bond acceptors (Lipinski definition) is 4. The highest BCUT2D eigenvalue weighted by molar-refractivity contribution is 7.87. The van der Waals surface area contributed by atoms with Crippen LogP contribution in [0.2, 0.25) is 0 Å². The summed E-state index contributed by atoms with van der Waals surface area (Å²) in [7, 11) is -3.29. The first kappa shape index (κ1) is 21.6. The topological polar surface area (TPSA) is 55.9 Å². The van der Waals surface area contributed by atoms with Gasteiger partial charge >= 0.3 is 0 Å². The van der Waals surface area contributed by atoms with Crippen molar-refractivity contribution in [3.63, 3.8) is 0 Å². The summed E-state index contributed by atoms with van der Waals surface area (Å²) in [4.78, 5) is 4.95. The van der Waals surface area contributed by atoms with Crippen LogP contribution >= 0.6 is 0 Å². The molecule has 6 nitrogen and oxygen atoms in total. The van der Waals surface area contributed by atoms with Gasteiger partial charge in [0.2, 0.25) is 0 Å². The maximum Gasteiger partial charge on any atom is 0.279 e. The summed E-state index contributed by atoms with van der Waals surface area (Å²) in [6, 6.07) is 8.71. The zero-order valence-electron chi connectivity index (χ0n) is 17.4. The molecule has 2 fully saturated rings. The van der Waals surface area contributed by atoms with E-state index < -0.39 is 10.2 Å². The molecule has 0 amide bonds. The zero-order valence-corrected chi connectivity index (χ0v) is 18.3. The van der Waals surface area contributed by atoms with Crippen LogP contribution < -0.4 is 9.62 Å². The lowest BCUT2D eigenvalue weighted by Crippen LogP contribution is -2.47. The van der Waals surface area contributed by atoms with Crippen molar-refractivity contribution in [1.29, 1.82) is 0 Å². The Morgan fingerprint density at radius 1 is 1.04 bits per heavy atom. The summed E-state index contributed by atoms with van der Waals surface area (Å²) in [5.41, 5.74) is 2.63. The first-order valence-corrected chi connectivity index (χ1v) is 12.2. The number of rotatable bonds is 8. The zero-order chi connectivity index (χ0) is 20.0. The molecular formula is C21H36N4O2S. The van der Waals surface area contributed by atoms with Crippen LogP contribution in [-0.2, 0) is 10.2 Å². The summed E-state index contributed by atoms with van der Waals surface area (Å²) in [6.45, 7) is 11.5. The fraction of sp³-hybridized carbons (Fsp3) is 0.714. The third-order valence-corrected chi connectivity index (χ3v) is 7.62. The number of aryl methyl sites for hydroxylation is 1. The molecule has 0 radical (unpaired) electrons. The molecule has 2 aliphatic rings. The van der Waals surface area contributed by atoms with Gasteiger partial charge in [0.15, 0.2) is 0 Å². The van der Waals surface area contributed by atoms with Gasteiger partial charge in [-0.15, -0.1) is 0 Å². The molecule has 1 N–H and O–H groups in total. The largest absolute Gasteiger partial charge is 0.369 e. The first-order valence-electron chi connectivity index (χ1n) is 10.7. The number of unbranched alkanes of at least 4 members (excludes halogenated alkanes) is 1. The lowest BCUT2D eigenvalue weighted by molar-refractivity contribution is 0.253. The van der Waals surface area contributed by atoms with E-state index in [0.29, 0.717) is 25.6 Å². The molecule has 0 bridgehead atoms. The van der Waals surface area contributed by atoms with E-state index in [0.717, 1.165) is 58.4 Å². The monoisotopic (exact) mass is 408 g/mol. The molecule has 0 aromatic heterocycles. The minimum atomic E-state index is -3.29. The van der Waals surface area contributed by atoms with Crippen molar-refractivity contribution < 1.29 is 8.42 Å². The Balaban J connectivity index is 1.30. The fourth-order valence-electron chi connectivity index (χ4n) is 4.03. The van der Waals surface area contributed by atoms with E-state index >= 15 is 0 Å². The smallest absolute Gasteiger partial charge is 0.279 e. The van der Waals surface area contributed by atoms with Crippen molar-refractivity contribution in [2.75, 3.05) is 57.3 Å². The quantitative estimate of drug-likeness (QED) is 0.672. The molecule has 2 saturated heterocycles. The van der Waals surface area contributed by atoms with Gasteiger partial charge in [-0.2, -0.15) is 12.7 Å². The van der Waals surface area contributed by atoms with E-state index in [4.69, 9.17) is 0 Å². The molecular weight excluding hydrogens is 372 g/mol. The number of piperidine rings is 1. The van der Waals surface area contributed by atoms with Gasteiger partial charge in [-0.25, -0.2) is 4.72 Å². The van der Waals surface area contributed by atoms with Gasteiger partial charge in [0, 0.05) is 51.5 Å². The Labute approximate surface area is 171 Å². The highest BCUT2D eigenvalue weighted by Crippen LogP contribution is 2.19. The molecule has 2 aliphatic heterocycles. The van der Waals surface area contributed by atoms with Gasteiger partial charge in [-0.05, 0) is 62.8 Å². The number of nitrogens with zero attached hydrogens (tertiary/aromatic N) is 3. The summed E-state index contributed by atoms with van der Waals surface area (Å²) in [5, 5.41) is 0. The molecule has 0 saturated carbocycles. The van der Waals surface area contributed by atoms with Crippen molar-refractivity contribution in [3.8, 4) is 0 Å². The van der Waals surface area contributed by atoms with Gasteiger partial charge in [-0.3, -0.25) is 4.90 Å².